The second kappa shape index (κ2) is 7.52. The van der Waals surface area contributed by atoms with Crippen LogP contribution >= 0.6 is 11.8 Å². The first-order valence-electron chi connectivity index (χ1n) is 8.94. The Balaban J connectivity index is 1.62. The van der Waals surface area contributed by atoms with Crippen molar-refractivity contribution in [3.05, 3.63) is 69.8 Å². The largest absolute Gasteiger partial charge is 0.493 e. The van der Waals surface area contributed by atoms with Crippen LogP contribution in [0.5, 0.6) is 5.75 Å². The van der Waals surface area contributed by atoms with E-state index in [0.29, 0.717) is 16.7 Å². The normalized spacial score (nSPS) is 13.8. The summed E-state index contributed by atoms with van der Waals surface area (Å²) in [7, 11) is 0. The molecule has 0 fully saturated rings. The van der Waals surface area contributed by atoms with Crippen LogP contribution in [0, 0.1) is 5.41 Å². The van der Waals surface area contributed by atoms with Crippen molar-refractivity contribution in [1.29, 1.82) is 5.41 Å². The lowest BCUT2D eigenvalue weighted by Crippen LogP contribution is -2.26. The van der Waals surface area contributed by atoms with Crippen LogP contribution in [0.1, 0.15) is 12.5 Å². The van der Waals surface area contributed by atoms with E-state index in [4.69, 9.17) is 15.9 Å². The molecular weight excluding hydrogens is 372 g/mol. The lowest BCUT2D eigenvalue weighted by Gasteiger charge is -2.09. The Morgan fingerprint density at radius 1 is 1.32 bits per heavy atom. The molecule has 0 atom stereocenters. The van der Waals surface area contributed by atoms with E-state index in [-0.39, 0.29) is 12.1 Å². The molecule has 3 N–H and O–H groups in total. The molecule has 1 aromatic heterocycles. The topological polar surface area (TPSA) is 94.0 Å². The SMILES string of the molecule is CC(C=N)=C(N)Cn1ncc2cc(Sc3ccc4c(c3)CCO4)ccc2c1=O. The summed E-state index contributed by atoms with van der Waals surface area (Å²) in [4.78, 5) is 14.9. The summed E-state index contributed by atoms with van der Waals surface area (Å²) in [6.07, 6.45) is 3.81. The van der Waals surface area contributed by atoms with Gasteiger partial charge in [0.15, 0.2) is 0 Å². The van der Waals surface area contributed by atoms with Crippen molar-refractivity contribution in [3.63, 3.8) is 0 Å². The molecule has 7 heteroatoms. The van der Waals surface area contributed by atoms with Gasteiger partial charge in [-0.2, -0.15) is 5.10 Å². The van der Waals surface area contributed by atoms with Gasteiger partial charge >= 0.3 is 0 Å². The Labute approximate surface area is 166 Å². The Morgan fingerprint density at radius 3 is 2.93 bits per heavy atom. The summed E-state index contributed by atoms with van der Waals surface area (Å²) in [5, 5.41) is 12.9. The second-order valence-electron chi connectivity index (χ2n) is 6.68. The number of hydrogen-bond acceptors (Lipinski definition) is 6. The number of allylic oxidation sites excluding steroid dienone is 2. The van der Waals surface area contributed by atoms with Gasteiger partial charge in [0.05, 0.1) is 24.7 Å². The summed E-state index contributed by atoms with van der Waals surface area (Å²) in [6.45, 7) is 2.66. The third kappa shape index (κ3) is 3.53. The summed E-state index contributed by atoms with van der Waals surface area (Å²) in [5.41, 5.74) is 8.07. The maximum Gasteiger partial charge on any atom is 0.274 e. The highest BCUT2D eigenvalue weighted by Crippen LogP contribution is 2.34. The van der Waals surface area contributed by atoms with Gasteiger partial charge < -0.3 is 15.9 Å². The van der Waals surface area contributed by atoms with Gasteiger partial charge in [-0.05, 0) is 54.5 Å². The Kier molecular flexibility index (Phi) is 4.92. The Morgan fingerprint density at radius 2 is 2.11 bits per heavy atom. The van der Waals surface area contributed by atoms with E-state index in [1.165, 1.54) is 16.5 Å². The zero-order valence-electron chi connectivity index (χ0n) is 15.4. The van der Waals surface area contributed by atoms with Gasteiger partial charge in [-0.15, -0.1) is 0 Å². The first-order chi connectivity index (χ1) is 13.5. The number of nitrogens with zero attached hydrogens (tertiary/aromatic N) is 2. The highest BCUT2D eigenvalue weighted by atomic mass is 32.2. The summed E-state index contributed by atoms with van der Waals surface area (Å²) >= 11 is 1.65. The fourth-order valence-corrected chi connectivity index (χ4v) is 4.01. The van der Waals surface area contributed by atoms with E-state index in [1.54, 1.807) is 24.9 Å². The molecule has 0 aliphatic carbocycles. The number of benzene rings is 2. The van der Waals surface area contributed by atoms with Gasteiger partial charge in [0.25, 0.3) is 5.56 Å². The molecular formula is C21H20N4O2S. The third-order valence-corrected chi connectivity index (χ3v) is 5.74. The highest BCUT2D eigenvalue weighted by Gasteiger charge is 2.13. The monoisotopic (exact) mass is 392 g/mol. The van der Waals surface area contributed by atoms with E-state index in [1.807, 2.05) is 24.3 Å². The van der Waals surface area contributed by atoms with Crippen molar-refractivity contribution >= 4 is 28.7 Å². The first kappa shape index (κ1) is 18.3. The van der Waals surface area contributed by atoms with Crippen molar-refractivity contribution in [2.45, 2.75) is 29.7 Å². The van der Waals surface area contributed by atoms with Gasteiger partial charge in [-0.3, -0.25) is 4.79 Å². The number of nitrogens with one attached hydrogen (secondary N) is 1. The van der Waals surface area contributed by atoms with Crippen LogP contribution in [-0.2, 0) is 13.0 Å². The molecule has 28 heavy (non-hydrogen) atoms. The number of rotatable bonds is 5. The molecule has 2 heterocycles. The number of aromatic nitrogens is 2. The predicted octanol–water partition coefficient (Wildman–Crippen LogP) is 3.36. The molecule has 142 valence electrons. The van der Waals surface area contributed by atoms with Crippen molar-refractivity contribution in [2.24, 2.45) is 5.73 Å². The molecule has 0 saturated heterocycles. The minimum Gasteiger partial charge on any atom is -0.493 e. The van der Waals surface area contributed by atoms with E-state index >= 15 is 0 Å². The zero-order valence-corrected chi connectivity index (χ0v) is 16.3. The molecule has 4 rings (SSSR count). The summed E-state index contributed by atoms with van der Waals surface area (Å²) in [6, 6.07) is 12.0. The van der Waals surface area contributed by atoms with Crippen LogP contribution in [0.25, 0.3) is 10.8 Å². The highest BCUT2D eigenvalue weighted by molar-refractivity contribution is 7.99. The molecule has 0 radical (unpaired) electrons. The minimum atomic E-state index is -0.190. The predicted molar refractivity (Wildman–Crippen MR) is 111 cm³/mol. The molecule has 2 aromatic carbocycles. The van der Waals surface area contributed by atoms with Crippen molar-refractivity contribution < 1.29 is 4.74 Å². The van der Waals surface area contributed by atoms with E-state index < -0.39 is 0 Å². The minimum absolute atomic E-state index is 0.170. The number of hydrogen-bond donors (Lipinski definition) is 2. The third-order valence-electron chi connectivity index (χ3n) is 4.76. The van der Waals surface area contributed by atoms with Crippen LogP contribution in [-0.4, -0.2) is 22.6 Å². The molecule has 0 spiro atoms. The molecule has 1 aliphatic heterocycles. The molecule has 0 saturated carbocycles. The Hall–Kier alpha value is -3.06. The number of fused-ring (bicyclic) bond motifs is 2. The van der Waals surface area contributed by atoms with Gasteiger partial charge in [-0.1, -0.05) is 11.8 Å². The van der Waals surface area contributed by atoms with Gasteiger partial charge in [0, 0.05) is 33.5 Å². The molecule has 0 bridgehead atoms. The zero-order chi connectivity index (χ0) is 19.7. The van der Waals surface area contributed by atoms with Crippen LogP contribution in [0.3, 0.4) is 0 Å². The van der Waals surface area contributed by atoms with Crippen LogP contribution in [0.4, 0.5) is 0 Å². The maximum absolute atomic E-state index is 12.7. The lowest BCUT2D eigenvalue weighted by atomic mass is 10.2. The van der Waals surface area contributed by atoms with Gasteiger partial charge in [0.1, 0.15) is 5.75 Å². The van der Waals surface area contributed by atoms with E-state index in [9.17, 15) is 4.79 Å². The van der Waals surface area contributed by atoms with Crippen LogP contribution < -0.4 is 16.0 Å². The van der Waals surface area contributed by atoms with Crippen molar-refractivity contribution in [1.82, 2.24) is 9.78 Å². The molecule has 0 amide bonds. The quantitative estimate of drug-likeness (QED) is 0.649. The first-order valence-corrected chi connectivity index (χ1v) is 9.76. The molecule has 6 nitrogen and oxygen atoms in total. The Bertz CT molecular complexity index is 1170. The fourth-order valence-electron chi connectivity index (χ4n) is 3.08. The average Bonchev–Trinajstić information content (AvgIpc) is 3.17. The lowest BCUT2D eigenvalue weighted by molar-refractivity contribution is 0.357. The average molecular weight is 392 g/mol. The van der Waals surface area contributed by atoms with E-state index in [0.717, 1.165) is 34.0 Å². The summed E-state index contributed by atoms with van der Waals surface area (Å²) in [5.74, 6) is 0.971. The number of ether oxygens (including phenoxy) is 1. The van der Waals surface area contributed by atoms with E-state index in [2.05, 4.69) is 17.2 Å². The molecule has 1 aliphatic rings. The second-order valence-corrected chi connectivity index (χ2v) is 7.83. The molecule has 3 aromatic rings. The fraction of sp³-hybridized carbons (Fsp3) is 0.190. The smallest absolute Gasteiger partial charge is 0.274 e. The van der Waals surface area contributed by atoms with Crippen molar-refractivity contribution in [2.75, 3.05) is 6.61 Å². The van der Waals surface area contributed by atoms with Gasteiger partial charge in [-0.25, -0.2) is 4.68 Å². The molecule has 0 unspecified atom stereocenters. The standard InChI is InChI=1S/C21H20N4O2S/c1-13(10-22)19(23)12-25-21(26)18-4-2-16(9-15(18)11-24-25)28-17-3-5-20-14(8-17)6-7-27-20/h2-5,8-11,22H,6-7,12,23H2,1H3. The maximum atomic E-state index is 12.7. The van der Waals surface area contributed by atoms with Gasteiger partial charge in [0.2, 0.25) is 0 Å². The van der Waals surface area contributed by atoms with Crippen LogP contribution in [0.15, 0.2) is 68.5 Å². The van der Waals surface area contributed by atoms with Crippen LogP contribution in [0.2, 0.25) is 0 Å². The summed E-state index contributed by atoms with van der Waals surface area (Å²) < 4.78 is 6.89. The number of nitrogens with two attached hydrogens (primary N) is 1. The van der Waals surface area contributed by atoms with Crippen molar-refractivity contribution in [3.8, 4) is 5.75 Å².